The molecule has 2 fully saturated rings. The van der Waals surface area contributed by atoms with Gasteiger partial charge in [-0.2, -0.15) is 0 Å². The summed E-state index contributed by atoms with van der Waals surface area (Å²) in [6.07, 6.45) is 0. The van der Waals surface area contributed by atoms with Crippen LogP contribution in [0.3, 0.4) is 0 Å². The quantitative estimate of drug-likeness (QED) is 0.897. The van der Waals surface area contributed by atoms with Gasteiger partial charge in [0.25, 0.3) is 0 Å². The van der Waals surface area contributed by atoms with E-state index in [1.807, 2.05) is 12.1 Å². The SMILES string of the molecule is COc1ccccc1N1CCN(C2CNC2)CC1.Cl.Cl.Cl. The van der Waals surface area contributed by atoms with Crippen LogP contribution < -0.4 is 15.0 Å². The summed E-state index contributed by atoms with van der Waals surface area (Å²) in [5.74, 6) is 0.983. The van der Waals surface area contributed by atoms with Gasteiger partial charge >= 0.3 is 0 Å². The summed E-state index contributed by atoms with van der Waals surface area (Å²) in [6.45, 7) is 6.83. The molecule has 0 spiro atoms. The van der Waals surface area contributed by atoms with Crippen molar-refractivity contribution in [2.45, 2.75) is 6.04 Å². The molecule has 0 amide bonds. The monoisotopic (exact) mass is 355 g/mol. The average Bonchev–Trinajstić information content (AvgIpc) is 2.38. The number of hydrogen-bond donors (Lipinski definition) is 1. The number of ether oxygens (including phenoxy) is 1. The van der Waals surface area contributed by atoms with Crippen molar-refractivity contribution in [3.63, 3.8) is 0 Å². The Morgan fingerprint density at radius 2 is 1.62 bits per heavy atom. The lowest BCUT2D eigenvalue weighted by Crippen LogP contribution is -2.61. The van der Waals surface area contributed by atoms with Crippen molar-refractivity contribution in [2.24, 2.45) is 0 Å². The second-order valence-corrected chi connectivity index (χ2v) is 5.01. The van der Waals surface area contributed by atoms with Gasteiger partial charge in [-0.1, -0.05) is 12.1 Å². The first-order valence-electron chi connectivity index (χ1n) is 6.71. The van der Waals surface area contributed by atoms with E-state index in [4.69, 9.17) is 4.74 Å². The van der Waals surface area contributed by atoms with Crippen LogP contribution in [-0.2, 0) is 0 Å². The first-order chi connectivity index (χ1) is 8.88. The topological polar surface area (TPSA) is 27.7 Å². The number of para-hydroxylation sites is 2. The lowest BCUT2D eigenvalue weighted by molar-refractivity contribution is 0.138. The molecule has 4 nitrogen and oxygen atoms in total. The summed E-state index contributed by atoms with van der Waals surface area (Å²) in [4.78, 5) is 5.03. The molecule has 0 aromatic heterocycles. The van der Waals surface area contributed by atoms with E-state index >= 15 is 0 Å². The van der Waals surface area contributed by atoms with Crippen molar-refractivity contribution < 1.29 is 4.74 Å². The molecule has 1 aromatic carbocycles. The summed E-state index contributed by atoms with van der Waals surface area (Å²) < 4.78 is 5.44. The lowest BCUT2D eigenvalue weighted by Gasteiger charge is -2.44. The van der Waals surface area contributed by atoms with Crippen LogP contribution >= 0.6 is 37.2 Å². The van der Waals surface area contributed by atoms with Gasteiger partial charge in [-0.25, -0.2) is 0 Å². The van der Waals surface area contributed by atoms with Crippen molar-refractivity contribution in [1.29, 1.82) is 0 Å². The van der Waals surface area contributed by atoms with Gasteiger partial charge in [0.1, 0.15) is 5.75 Å². The van der Waals surface area contributed by atoms with Gasteiger partial charge in [-0.15, -0.1) is 37.2 Å². The highest BCUT2D eigenvalue weighted by Crippen LogP contribution is 2.28. The molecule has 0 unspecified atom stereocenters. The van der Waals surface area contributed by atoms with E-state index in [9.17, 15) is 0 Å². The van der Waals surface area contributed by atoms with Crippen LogP contribution in [0.2, 0.25) is 0 Å². The first-order valence-corrected chi connectivity index (χ1v) is 6.71. The zero-order chi connectivity index (χ0) is 12.4. The van der Waals surface area contributed by atoms with Crippen molar-refractivity contribution in [1.82, 2.24) is 10.2 Å². The van der Waals surface area contributed by atoms with Crippen molar-refractivity contribution in [3.8, 4) is 5.75 Å². The van der Waals surface area contributed by atoms with Gasteiger partial charge in [0.2, 0.25) is 0 Å². The molecule has 2 heterocycles. The molecule has 122 valence electrons. The largest absolute Gasteiger partial charge is 0.495 e. The van der Waals surface area contributed by atoms with Gasteiger partial charge < -0.3 is 15.0 Å². The maximum Gasteiger partial charge on any atom is 0.142 e. The Morgan fingerprint density at radius 1 is 1.00 bits per heavy atom. The Kier molecular flexibility index (Phi) is 9.41. The molecule has 1 N–H and O–H groups in total. The Bertz CT molecular complexity index is 410. The number of rotatable bonds is 3. The molecule has 0 saturated carbocycles. The Balaban J connectivity index is 0.00000133. The normalized spacial score (nSPS) is 18.6. The molecule has 7 heteroatoms. The van der Waals surface area contributed by atoms with E-state index in [1.54, 1.807) is 7.11 Å². The standard InChI is InChI=1S/C14H21N3O.3ClH/c1-18-14-5-3-2-4-13(14)17-8-6-16(7-9-17)12-10-15-11-12;;;/h2-5,12,15H,6-11H2,1H3;3*1H. The van der Waals surface area contributed by atoms with Crippen molar-refractivity contribution in [2.75, 3.05) is 51.3 Å². The predicted octanol–water partition coefficient (Wildman–Crippen LogP) is 2.05. The molecule has 2 aliphatic rings. The van der Waals surface area contributed by atoms with Gasteiger partial charge in [0.05, 0.1) is 12.8 Å². The number of nitrogens with one attached hydrogen (secondary N) is 1. The molecule has 0 bridgehead atoms. The van der Waals surface area contributed by atoms with E-state index in [-0.39, 0.29) is 37.2 Å². The molecular weight excluding hydrogens is 333 g/mol. The van der Waals surface area contributed by atoms with Crippen molar-refractivity contribution >= 4 is 42.9 Å². The van der Waals surface area contributed by atoms with Crippen LogP contribution in [0.1, 0.15) is 0 Å². The number of halogens is 3. The summed E-state index contributed by atoms with van der Waals surface area (Å²) >= 11 is 0. The number of anilines is 1. The minimum absolute atomic E-state index is 0. The third-order valence-corrected chi connectivity index (χ3v) is 4.02. The predicted molar refractivity (Wildman–Crippen MR) is 95.2 cm³/mol. The highest BCUT2D eigenvalue weighted by Gasteiger charge is 2.28. The maximum absolute atomic E-state index is 5.44. The van der Waals surface area contributed by atoms with E-state index in [0.29, 0.717) is 0 Å². The third kappa shape index (κ3) is 4.54. The van der Waals surface area contributed by atoms with Crippen LogP contribution in [0.5, 0.6) is 5.75 Å². The second-order valence-electron chi connectivity index (χ2n) is 5.01. The summed E-state index contributed by atoms with van der Waals surface area (Å²) in [7, 11) is 1.75. The number of benzene rings is 1. The Labute approximate surface area is 145 Å². The number of hydrogen-bond acceptors (Lipinski definition) is 4. The number of piperazine rings is 1. The third-order valence-electron chi connectivity index (χ3n) is 4.02. The molecule has 3 rings (SSSR count). The van der Waals surface area contributed by atoms with Crippen LogP contribution in [0.15, 0.2) is 24.3 Å². The molecular formula is C14H24Cl3N3O. The summed E-state index contributed by atoms with van der Waals surface area (Å²) in [6, 6.07) is 9.07. The van der Waals surface area contributed by atoms with Crippen molar-refractivity contribution in [3.05, 3.63) is 24.3 Å². The van der Waals surface area contributed by atoms with Crippen LogP contribution in [0, 0.1) is 0 Å². The van der Waals surface area contributed by atoms with E-state index < -0.39 is 0 Å². The smallest absolute Gasteiger partial charge is 0.142 e. The van der Waals surface area contributed by atoms with Gasteiger partial charge in [-0.3, -0.25) is 4.90 Å². The van der Waals surface area contributed by atoms with Gasteiger partial charge in [0.15, 0.2) is 0 Å². The molecule has 2 saturated heterocycles. The number of nitrogens with zero attached hydrogens (tertiary/aromatic N) is 2. The highest BCUT2D eigenvalue weighted by molar-refractivity contribution is 5.86. The molecule has 2 aliphatic heterocycles. The average molecular weight is 357 g/mol. The maximum atomic E-state index is 5.44. The van der Waals surface area contributed by atoms with E-state index in [1.165, 1.54) is 5.69 Å². The first kappa shape index (κ1) is 20.6. The highest BCUT2D eigenvalue weighted by atomic mass is 35.5. The number of methoxy groups -OCH3 is 1. The zero-order valence-electron chi connectivity index (χ0n) is 12.2. The van der Waals surface area contributed by atoms with Crippen LogP contribution in [0.25, 0.3) is 0 Å². The second kappa shape index (κ2) is 9.59. The fraction of sp³-hybridized carbons (Fsp3) is 0.571. The fourth-order valence-electron chi connectivity index (χ4n) is 2.75. The molecule has 0 aliphatic carbocycles. The zero-order valence-corrected chi connectivity index (χ0v) is 14.6. The Hall–Kier alpha value is -0.390. The molecule has 0 atom stereocenters. The molecule has 1 aromatic rings. The fourth-order valence-corrected chi connectivity index (χ4v) is 2.75. The van der Waals surface area contributed by atoms with Gasteiger partial charge in [-0.05, 0) is 12.1 Å². The lowest BCUT2D eigenvalue weighted by atomic mass is 10.1. The van der Waals surface area contributed by atoms with Gasteiger partial charge in [0, 0.05) is 45.3 Å². The molecule has 21 heavy (non-hydrogen) atoms. The molecule has 0 radical (unpaired) electrons. The van der Waals surface area contributed by atoms with E-state index in [0.717, 1.165) is 51.1 Å². The summed E-state index contributed by atoms with van der Waals surface area (Å²) in [5, 5.41) is 3.34. The van der Waals surface area contributed by atoms with Crippen LogP contribution in [-0.4, -0.2) is 57.3 Å². The minimum atomic E-state index is 0. The Morgan fingerprint density at radius 3 is 2.14 bits per heavy atom. The minimum Gasteiger partial charge on any atom is -0.495 e. The van der Waals surface area contributed by atoms with Crippen LogP contribution in [0.4, 0.5) is 5.69 Å². The summed E-state index contributed by atoms with van der Waals surface area (Å²) in [5.41, 5.74) is 1.23. The van der Waals surface area contributed by atoms with E-state index in [2.05, 4.69) is 27.2 Å².